The molecule has 0 atom stereocenters. The first-order valence-electron chi connectivity index (χ1n) is 9.96. The zero-order chi connectivity index (χ0) is 24.1. The van der Waals surface area contributed by atoms with Crippen LogP contribution in [0.15, 0.2) is 24.3 Å². The molecule has 0 aliphatic carbocycles. The molecule has 2 rings (SSSR count). The second-order valence-electron chi connectivity index (χ2n) is 8.20. The van der Waals surface area contributed by atoms with Gasteiger partial charge in [-0.05, 0) is 42.5 Å². The highest BCUT2D eigenvalue weighted by atomic mass is 32.1. The van der Waals surface area contributed by atoms with Crippen molar-refractivity contribution >= 4 is 40.1 Å². The number of ether oxygens (including phenoxy) is 2. The fraction of sp³-hybridized carbons (Fsp3) is 0.391. The molecule has 32 heavy (non-hydrogen) atoms. The molecule has 8 nitrogen and oxygen atoms in total. The van der Waals surface area contributed by atoms with Crippen LogP contribution in [-0.4, -0.2) is 44.0 Å². The van der Waals surface area contributed by atoms with Gasteiger partial charge in [0.2, 0.25) is 0 Å². The van der Waals surface area contributed by atoms with Crippen molar-refractivity contribution in [1.29, 1.82) is 0 Å². The third kappa shape index (κ3) is 6.40. The Balaban J connectivity index is 1.84. The summed E-state index contributed by atoms with van der Waals surface area (Å²) in [6.07, 6.45) is 0. The molecule has 0 aliphatic rings. The number of carbonyl (C=O) groups excluding carboxylic acids is 4. The fourth-order valence-electron chi connectivity index (χ4n) is 2.80. The van der Waals surface area contributed by atoms with Crippen molar-refractivity contribution in [3.8, 4) is 0 Å². The van der Waals surface area contributed by atoms with Crippen LogP contribution < -0.4 is 10.6 Å². The number of hydrogen-bond donors (Lipinski definition) is 2. The van der Waals surface area contributed by atoms with Crippen LogP contribution in [0, 0.1) is 13.8 Å². The molecular formula is C23H28N2O6S. The van der Waals surface area contributed by atoms with Gasteiger partial charge in [0.1, 0.15) is 11.5 Å². The van der Waals surface area contributed by atoms with Crippen molar-refractivity contribution in [3.63, 3.8) is 0 Å². The van der Waals surface area contributed by atoms with E-state index in [0.717, 1.165) is 10.4 Å². The molecule has 0 saturated heterocycles. The average Bonchev–Trinajstić information content (AvgIpc) is 3.02. The quantitative estimate of drug-likeness (QED) is 0.613. The van der Waals surface area contributed by atoms with Crippen LogP contribution in [-0.2, 0) is 24.5 Å². The Labute approximate surface area is 191 Å². The first-order chi connectivity index (χ1) is 14.9. The maximum absolute atomic E-state index is 12.2. The van der Waals surface area contributed by atoms with Gasteiger partial charge in [0, 0.05) is 10.4 Å². The predicted molar refractivity (Wildman–Crippen MR) is 122 cm³/mol. The highest BCUT2D eigenvalue weighted by Crippen LogP contribution is 2.32. The maximum Gasteiger partial charge on any atom is 0.341 e. The van der Waals surface area contributed by atoms with E-state index in [1.165, 1.54) is 18.4 Å². The van der Waals surface area contributed by atoms with Crippen LogP contribution in [0.2, 0.25) is 0 Å². The van der Waals surface area contributed by atoms with Crippen LogP contribution >= 0.6 is 11.3 Å². The van der Waals surface area contributed by atoms with E-state index in [-0.39, 0.29) is 17.5 Å². The van der Waals surface area contributed by atoms with Gasteiger partial charge in [-0.2, -0.15) is 0 Å². The smallest absolute Gasteiger partial charge is 0.341 e. The van der Waals surface area contributed by atoms with Gasteiger partial charge in [-0.1, -0.05) is 32.9 Å². The Bertz CT molecular complexity index is 1020. The molecular weight excluding hydrogens is 432 g/mol. The number of thiophene rings is 1. The van der Waals surface area contributed by atoms with Crippen molar-refractivity contribution in [3.05, 3.63) is 51.4 Å². The molecule has 0 bridgehead atoms. The third-order valence-corrected chi connectivity index (χ3v) is 5.92. The number of esters is 2. The molecule has 2 aromatic rings. The second kappa shape index (κ2) is 10.4. The van der Waals surface area contributed by atoms with Crippen LogP contribution in [0.1, 0.15) is 57.5 Å². The Morgan fingerprint density at radius 3 is 2.22 bits per heavy atom. The lowest BCUT2D eigenvalue weighted by Gasteiger charge is -2.19. The Morgan fingerprint density at radius 2 is 1.66 bits per heavy atom. The molecule has 2 N–H and O–H groups in total. The van der Waals surface area contributed by atoms with Crippen molar-refractivity contribution in [2.24, 2.45) is 0 Å². The van der Waals surface area contributed by atoms with Crippen LogP contribution in [0.25, 0.3) is 0 Å². The molecule has 0 unspecified atom stereocenters. The summed E-state index contributed by atoms with van der Waals surface area (Å²) in [5, 5.41) is 5.37. The number of amides is 2. The molecule has 0 spiro atoms. The van der Waals surface area contributed by atoms with E-state index in [1.807, 2.05) is 19.1 Å². The number of carbonyl (C=O) groups is 4. The summed E-state index contributed by atoms with van der Waals surface area (Å²) in [5.74, 6) is -2.34. The van der Waals surface area contributed by atoms with E-state index in [2.05, 4.69) is 31.4 Å². The summed E-state index contributed by atoms with van der Waals surface area (Å²) < 4.78 is 9.67. The summed E-state index contributed by atoms with van der Waals surface area (Å²) in [6, 6.07) is 7.12. The van der Waals surface area contributed by atoms with Gasteiger partial charge in [0.15, 0.2) is 6.61 Å². The van der Waals surface area contributed by atoms with Crippen molar-refractivity contribution in [2.45, 2.75) is 40.0 Å². The SMILES string of the molecule is COC(=O)c1c(NC(=O)COC(=O)CNC(=O)c2ccc(C(C)(C)C)cc2)sc(C)c1C. The Kier molecular flexibility index (Phi) is 8.15. The summed E-state index contributed by atoms with van der Waals surface area (Å²) in [4.78, 5) is 49.1. The van der Waals surface area contributed by atoms with Crippen molar-refractivity contribution < 1.29 is 28.7 Å². The van der Waals surface area contributed by atoms with E-state index in [9.17, 15) is 19.2 Å². The number of nitrogens with one attached hydrogen (secondary N) is 2. The standard InChI is InChI=1S/C23H28N2O6S/c1-13-14(2)32-21(19(13)22(29)30-6)25-17(26)12-31-18(27)11-24-20(28)15-7-9-16(10-8-15)23(3,4)5/h7-10H,11-12H2,1-6H3,(H,24,28)(H,25,26). The lowest BCUT2D eigenvalue weighted by Crippen LogP contribution is -2.32. The zero-order valence-corrected chi connectivity index (χ0v) is 19.9. The van der Waals surface area contributed by atoms with Crippen LogP contribution in [0.5, 0.6) is 0 Å². The molecule has 0 radical (unpaired) electrons. The number of rotatable bonds is 7. The summed E-state index contributed by atoms with van der Waals surface area (Å²) in [5.41, 5.74) is 2.47. The number of anilines is 1. The van der Waals surface area contributed by atoms with Gasteiger partial charge in [0.05, 0.1) is 12.7 Å². The minimum atomic E-state index is -0.758. The molecule has 9 heteroatoms. The topological polar surface area (TPSA) is 111 Å². The molecule has 0 saturated carbocycles. The van der Waals surface area contributed by atoms with Gasteiger partial charge in [-0.15, -0.1) is 11.3 Å². The van der Waals surface area contributed by atoms with Gasteiger partial charge >= 0.3 is 11.9 Å². The van der Waals surface area contributed by atoms with E-state index in [1.54, 1.807) is 19.1 Å². The first-order valence-corrected chi connectivity index (χ1v) is 10.8. The highest BCUT2D eigenvalue weighted by molar-refractivity contribution is 7.16. The normalized spacial score (nSPS) is 10.9. The molecule has 1 aromatic carbocycles. The molecule has 1 heterocycles. The summed E-state index contributed by atoms with van der Waals surface area (Å²) in [7, 11) is 1.26. The lowest BCUT2D eigenvalue weighted by molar-refractivity contribution is -0.146. The molecule has 1 aromatic heterocycles. The summed E-state index contributed by atoms with van der Waals surface area (Å²) >= 11 is 1.23. The fourth-order valence-corrected chi connectivity index (χ4v) is 3.86. The Morgan fingerprint density at radius 1 is 1.03 bits per heavy atom. The van der Waals surface area contributed by atoms with Gasteiger partial charge in [0.25, 0.3) is 11.8 Å². The third-order valence-electron chi connectivity index (χ3n) is 4.80. The zero-order valence-electron chi connectivity index (χ0n) is 19.1. The average molecular weight is 461 g/mol. The first kappa shape index (κ1) is 25.1. The molecule has 2 amide bonds. The van der Waals surface area contributed by atoms with Gasteiger partial charge in [-0.3, -0.25) is 14.4 Å². The minimum Gasteiger partial charge on any atom is -0.465 e. The number of hydrogen-bond acceptors (Lipinski definition) is 7. The van der Waals surface area contributed by atoms with E-state index < -0.39 is 30.4 Å². The maximum atomic E-state index is 12.2. The van der Waals surface area contributed by atoms with E-state index in [0.29, 0.717) is 16.1 Å². The van der Waals surface area contributed by atoms with Crippen molar-refractivity contribution in [1.82, 2.24) is 5.32 Å². The van der Waals surface area contributed by atoms with Gasteiger partial charge < -0.3 is 20.1 Å². The number of aryl methyl sites for hydroxylation is 1. The second-order valence-corrected chi connectivity index (χ2v) is 9.42. The lowest BCUT2D eigenvalue weighted by atomic mass is 9.87. The Hall–Kier alpha value is -3.20. The number of benzene rings is 1. The monoisotopic (exact) mass is 460 g/mol. The van der Waals surface area contributed by atoms with E-state index >= 15 is 0 Å². The van der Waals surface area contributed by atoms with E-state index in [4.69, 9.17) is 9.47 Å². The predicted octanol–water partition coefficient (Wildman–Crippen LogP) is 3.36. The summed E-state index contributed by atoms with van der Waals surface area (Å²) in [6.45, 7) is 8.87. The van der Waals surface area contributed by atoms with Gasteiger partial charge in [-0.25, -0.2) is 4.79 Å². The minimum absolute atomic E-state index is 0.0303. The largest absolute Gasteiger partial charge is 0.465 e. The van der Waals surface area contributed by atoms with Crippen molar-refractivity contribution in [2.75, 3.05) is 25.6 Å². The molecule has 172 valence electrons. The molecule has 0 fully saturated rings. The van der Waals surface area contributed by atoms with Crippen LogP contribution in [0.4, 0.5) is 5.00 Å². The molecule has 0 aliphatic heterocycles. The van der Waals surface area contributed by atoms with Crippen LogP contribution in [0.3, 0.4) is 0 Å². The number of methoxy groups -OCH3 is 1. The highest BCUT2D eigenvalue weighted by Gasteiger charge is 2.22.